The minimum absolute atomic E-state index is 0.0146. The van der Waals surface area contributed by atoms with Crippen LogP contribution < -0.4 is 10.3 Å². The predicted molar refractivity (Wildman–Crippen MR) is 130 cm³/mol. The lowest BCUT2D eigenvalue weighted by Crippen LogP contribution is -2.35. The molecule has 5 rings (SSSR count). The van der Waals surface area contributed by atoms with Gasteiger partial charge in [-0.15, -0.1) is 0 Å². The standard InChI is InChI=1S/C27H19N3O6/c31-22(15-36-27(35)21-13-14-23(32)30(29-21)16-7-2-1-3-8-16)28-20-12-6-11-19-24(20)26(34)18-10-5-4-9-17(18)25(19)33/h1-12H,13-15H2,(H,28,31). The Balaban J connectivity index is 1.28. The second-order valence-corrected chi connectivity index (χ2v) is 8.14. The van der Waals surface area contributed by atoms with Crippen LogP contribution in [0.15, 0.2) is 77.9 Å². The number of carbonyl (C=O) groups excluding carboxylic acids is 5. The highest BCUT2D eigenvalue weighted by molar-refractivity contribution is 6.38. The Labute approximate surface area is 205 Å². The molecule has 0 atom stereocenters. The van der Waals surface area contributed by atoms with E-state index >= 15 is 0 Å². The van der Waals surface area contributed by atoms with E-state index in [0.717, 1.165) is 5.01 Å². The Kier molecular flexibility index (Phi) is 5.95. The fraction of sp³-hybridized carbons (Fsp3) is 0.111. The summed E-state index contributed by atoms with van der Waals surface area (Å²) in [6.07, 6.45) is 0.160. The van der Waals surface area contributed by atoms with Gasteiger partial charge in [0.15, 0.2) is 18.2 Å². The predicted octanol–water partition coefficient (Wildman–Crippen LogP) is 3.13. The zero-order chi connectivity index (χ0) is 25.2. The first-order valence-corrected chi connectivity index (χ1v) is 11.2. The first-order valence-electron chi connectivity index (χ1n) is 11.2. The number of carbonyl (C=O) groups is 5. The molecule has 0 saturated heterocycles. The number of hydrazone groups is 1. The highest BCUT2D eigenvalue weighted by Crippen LogP contribution is 2.32. The molecule has 36 heavy (non-hydrogen) atoms. The summed E-state index contributed by atoms with van der Waals surface area (Å²) in [5, 5.41) is 7.80. The van der Waals surface area contributed by atoms with Gasteiger partial charge < -0.3 is 10.1 Å². The van der Waals surface area contributed by atoms with E-state index in [-0.39, 0.29) is 58.4 Å². The van der Waals surface area contributed by atoms with Crippen LogP contribution in [0.3, 0.4) is 0 Å². The summed E-state index contributed by atoms with van der Waals surface area (Å²) in [7, 11) is 0. The fourth-order valence-corrected chi connectivity index (χ4v) is 4.12. The molecule has 0 spiro atoms. The number of hydrogen-bond acceptors (Lipinski definition) is 7. The molecule has 0 radical (unpaired) electrons. The van der Waals surface area contributed by atoms with Gasteiger partial charge in [-0.25, -0.2) is 9.80 Å². The summed E-state index contributed by atoms with van der Waals surface area (Å²) in [5.74, 6) is -2.46. The number of fused-ring (bicyclic) bond motifs is 2. The van der Waals surface area contributed by atoms with Crippen LogP contribution >= 0.6 is 0 Å². The summed E-state index contributed by atoms with van der Waals surface area (Å²) in [4.78, 5) is 63.3. The van der Waals surface area contributed by atoms with Crippen molar-refractivity contribution in [2.24, 2.45) is 5.10 Å². The molecule has 0 aromatic heterocycles. The van der Waals surface area contributed by atoms with E-state index in [0.29, 0.717) is 11.3 Å². The van der Waals surface area contributed by atoms with Crippen molar-refractivity contribution in [2.75, 3.05) is 16.9 Å². The molecular formula is C27H19N3O6. The number of ketones is 2. The van der Waals surface area contributed by atoms with Gasteiger partial charge in [0.1, 0.15) is 5.71 Å². The molecule has 2 amide bonds. The van der Waals surface area contributed by atoms with Crippen molar-refractivity contribution in [3.8, 4) is 0 Å². The summed E-state index contributed by atoms with van der Waals surface area (Å²) < 4.78 is 5.11. The number of esters is 1. The number of hydrogen-bond donors (Lipinski definition) is 1. The highest BCUT2D eigenvalue weighted by atomic mass is 16.5. The van der Waals surface area contributed by atoms with Crippen molar-refractivity contribution in [3.63, 3.8) is 0 Å². The summed E-state index contributed by atoms with van der Waals surface area (Å²) >= 11 is 0. The first kappa shape index (κ1) is 22.9. The molecule has 9 nitrogen and oxygen atoms in total. The zero-order valence-corrected chi connectivity index (χ0v) is 18.9. The van der Waals surface area contributed by atoms with Crippen LogP contribution in [-0.2, 0) is 19.1 Å². The molecule has 1 aliphatic heterocycles. The molecule has 178 valence electrons. The van der Waals surface area contributed by atoms with Crippen molar-refractivity contribution in [1.29, 1.82) is 0 Å². The van der Waals surface area contributed by atoms with E-state index in [2.05, 4.69) is 10.4 Å². The molecule has 3 aromatic carbocycles. The third-order valence-electron chi connectivity index (χ3n) is 5.83. The van der Waals surface area contributed by atoms with Crippen LogP contribution in [0.4, 0.5) is 11.4 Å². The van der Waals surface area contributed by atoms with Gasteiger partial charge >= 0.3 is 5.97 Å². The maximum absolute atomic E-state index is 13.1. The molecule has 9 heteroatoms. The lowest BCUT2D eigenvalue weighted by Gasteiger charge is -2.22. The number of nitrogens with one attached hydrogen (secondary N) is 1. The number of anilines is 2. The van der Waals surface area contributed by atoms with Gasteiger partial charge in [0.25, 0.3) is 5.91 Å². The molecule has 1 N–H and O–H groups in total. The van der Waals surface area contributed by atoms with E-state index in [1.54, 1.807) is 60.7 Å². The normalized spacial score (nSPS) is 14.5. The maximum atomic E-state index is 13.1. The lowest BCUT2D eigenvalue weighted by molar-refractivity contribution is -0.140. The van der Waals surface area contributed by atoms with Gasteiger partial charge in [-0.1, -0.05) is 54.6 Å². The molecule has 0 saturated carbocycles. The van der Waals surface area contributed by atoms with Crippen LogP contribution in [0.25, 0.3) is 0 Å². The van der Waals surface area contributed by atoms with Crippen molar-refractivity contribution in [1.82, 2.24) is 0 Å². The minimum Gasteiger partial charge on any atom is -0.451 e. The molecule has 3 aromatic rings. The molecule has 0 bridgehead atoms. The molecule has 1 aliphatic carbocycles. The molecule has 2 aliphatic rings. The zero-order valence-electron chi connectivity index (χ0n) is 18.9. The largest absolute Gasteiger partial charge is 0.451 e. The SMILES string of the molecule is O=C(COC(=O)C1=NN(c2ccccc2)C(=O)CC1)Nc1cccc2c1C(=O)c1ccccc1C2=O. The topological polar surface area (TPSA) is 122 Å². The van der Waals surface area contributed by atoms with E-state index in [1.807, 2.05) is 0 Å². The number of para-hydroxylation sites is 1. The smallest absolute Gasteiger partial charge is 0.355 e. The molecule has 1 heterocycles. The monoisotopic (exact) mass is 481 g/mol. The fourth-order valence-electron chi connectivity index (χ4n) is 4.12. The Morgan fingerprint density at radius 1 is 0.806 bits per heavy atom. The minimum atomic E-state index is -0.825. The van der Waals surface area contributed by atoms with Gasteiger partial charge in [0.05, 0.1) is 16.9 Å². The number of nitrogens with zero attached hydrogens (tertiary/aromatic N) is 2. The van der Waals surface area contributed by atoms with E-state index in [1.165, 1.54) is 12.1 Å². The van der Waals surface area contributed by atoms with Gasteiger partial charge in [-0.05, 0) is 18.2 Å². The van der Waals surface area contributed by atoms with Crippen LogP contribution in [-0.4, -0.2) is 41.7 Å². The molecule has 0 fully saturated rings. The first-order chi connectivity index (χ1) is 17.4. The Morgan fingerprint density at radius 3 is 2.22 bits per heavy atom. The number of rotatable bonds is 5. The van der Waals surface area contributed by atoms with Gasteiger partial charge in [0.2, 0.25) is 5.91 Å². The molecule has 0 unspecified atom stereocenters. The summed E-state index contributed by atoms with van der Waals surface area (Å²) in [6, 6.07) is 19.7. The van der Waals surface area contributed by atoms with E-state index in [4.69, 9.17) is 4.74 Å². The molecular weight excluding hydrogens is 462 g/mol. The quantitative estimate of drug-likeness (QED) is 0.437. The van der Waals surface area contributed by atoms with Gasteiger partial charge in [-0.3, -0.25) is 19.2 Å². The van der Waals surface area contributed by atoms with Crippen molar-refractivity contribution in [3.05, 3.63) is 95.1 Å². The van der Waals surface area contributed by atoms with Crippen LogP contribution in [0, 0.1) is 0 Å². The Bertz CT molecular complexity index is 1460. The highest BCUT2D eigenvalue weighted by Gasteiger charge is 2.32. The number of benzene rings is 3. The average Bonchev–Trinajstić information content (AvgIpc) is 2.91. The lowest BCUT2D eigenvalue weighted by atomic mass is 9.83. The number of ether oxygens (including phenoxy) is 1. The van der Waals surface area contributed by atoms with Crippen molar-refractivity contribution < 1.29 is 28.7 Å². The third kappa shape index (κ3) is 4.18. The van der Waals surface area contributed by atoms with Gasteiger partial charge in [0, 0.05) is 29.5 Å². The van der Waals surface area contributed by atoms with Crippen molar-refractivity contribution >= 4 is 46.4 Å². The summed E-state index contributed by atoms with van der Waals surface area (Å²) in [5.41, 5.74) is 1.53. The third-order valence-corrected chi connectivity index (χ3v) is 5.83. The van der Waals surface area contributed by atoms with E-state index < -0.39 is 18.5 Å². The Hall–Kier alpha value is -4.92. The van der Waals surface area contributed by atoms with E-state index in [9.17, 15) is 24.0 Å². The van der Waals surface area contributed by atoms with Gasteiger partial charge in [-0.2, -0.15) is 5.10 Å². The average molecular weight is 481 g/mol. The van der Waals surface area contributed by atoms with Crippen LogP contribution in [0.1, 0.15) is 44.7 Å². The number of amides is 2. The van der Waals surface area contributed by atoms with Crippen LogP contribution in [0.5, 0.6) is 0 Å². The maximum Gasteiger partial charge on any atom is 0.355 e. The second-order valence-electron chi connectivity index (χ2n) is 8.14. The van der Waals surface area contributed by atoms with Crippen molar-refractivity contribution in [2.45, 2.75) is 12.8 Å². The van der Waals surface area contributed by atoms with Crippen LogP contribution in [0.2, 0.25) is 0 Å². The second kappa shape index (κ2) is 9.38. The summed E-state index contributed by atoms with van der Waals surface area (Å²) in [6.45, 7) is -0.639. The Morgan fingerprint density at radius 2 is 1.47 bits per heavy atom.